The van der Waals surface area contributed by atoms with E-state index in [9.17, 15) is 18.8 Å². The number of halogens is 1. The average molecular weight is 418 g/mol. The van der Waals surface area contributed by atoms with Gasteiger partial charge in [0.15, 0.2) is 6.10 Å². The zero-order chi connectivity index (χ0) is 21.4. The number of thioether (sulfide) groups is 1. The number of carbonyl (C=O) groups is 3. The summed E-state index contributed by atoms with van der Waals surface area (Å²) < 4.78 is 19.0. The minimum absolute atomic E-state index is 0.140. The highest BCUT2D eigenvalue weighted by molar-refractivity contribution is 7.98. The van der Waals surface area contributed by atoms with Crippen molar-refractivity contribution in [2.75, 3.05) is 0 Å². The van der Waals surface area contributed by atoms with Gasteiger partial charge in [-0.05, 0) is 44.5 Å². The first-order valence-electron chi connectivity index (χ1n) is 9.05. The SMILES string of the molecule is CC(C)NC(=O)NC(=O)[C@@H](C)OC(=O)c1ccccc1SCc1ccccc1F. The molecule has 3 amide bonds. The number of carbonyl (C=O) groups excluding carboxylic acids is 3. The standard InChI is InChI=1S/C21H23FN2O4S/c1-13(2)23-21(27)24-19(25)14(3)28-20(26)16-9-5-7-11-18(16)29-12-15-8-4-6-10-17(15)22/h4-11,13-14H,12H2,1-3H3,(H2,23,24,25,27)/t14-/m1/s1. The van der Waals surface area contributed by atoms with Crippen LogP contribution in [0.3, 0.4) is 0 Å². The van der Waals surface area contributed by atoms with Crippen LogP contribution in [0.25, 0.3) is 0 Å². The van der Waals surface area contributed by atoms with E-state index in [1.807, 2.05) is 0 Å². The maximum Gasteiger partial charge on any atom is 0.340 e. The van der Waals surface area contributed by atoms with Crippen molar-refractivity contribution in [3.8, 4) is 0 Å². The second-order valence-electron chi connectivity index (χ2n) is 6.54. The van der Waals surface area contributed by atoms with E-state index in [4.69, 9.17) is 4.74 Å². The lowest BCUT2D eigenvalue weighted by Gasteiger charge is -2.15. The Morgan fingerprint density at radius 3 is 2.38 bits per heavy atom. The summed E-state index contributed by atoms with van der Waals surface area (Å²) in [6.07, 6.45) is -1.16. The van der Waals surface area contributed by atoms with Gasteiger partial charge in [0.25, 0.3) is 5.91 Å². The van der Waals surface area contributed by atoms with E-state index in [2.05, 4.69) is 10.6 Å². The van der Waals surface area contributed by atoms with E-state index >= 15 is 0 Å². The van der Waals surface area contributed by atoms with Gasteiger partial charge < -0.3 is 10.1 Å². The molecule has 0 aromatic heterocycles. The Morgan fingerprint density at radius 2 is 1.69 bits per heavy atom. The summed E-state index contributed by atoms with van der Waals surface area (Å²) in [4.78, 5) is 36.8. The van der Waals surface area contributed by atoms with Crippen molar-refractivity contribution < 1.29 is 23.5 Å². The number of hydrogen-bond acceptors (Lipinski definition) is 5. The molecule has 0 fully saturated rings. The van der Waals surface area contributed by atoms with Gasteiger partial charge in [-0.25, -0.2) is 14.0 Å². The summed E-state index contributed by atoms with van der Waals surface area (Å²) in [7, 11) is 0. The molecule has 6 nitrogen and oxygen atoms in total. The molecule has 0 heterocycles. The summed E-state index contributed by atoms with van der Waals surface area (Å²) >= 11 is 1.29. The van der Waals surface area contributed by atoms with Crippen LogP contribution < -0.4 is 10.6 Å². The predicted octanol–water partition coefficient (Wildman–Crippen LogP) is 3.90. The van der Waals surface area contributed by atoms with E-state index in [-0.39, 0.29) is 17.4 Å². The number of rotatable bonds is 7. The van der Waals surface area contributed by atoms with Crippen molar-refractivity contribution >= 4 is 29.7 Å². The lowest BCUT2D eigenvalue weighted by Crippen LogP contribution is -2.46. The Kier molecular flexibility index (Phi) is 8.21. The van der Waals surface area contributed by atoms with Crippen LogP contribution >= 0.6 is 11.8 Å². The molecule has 0 saturated heterocycles. The Morgan fingerprint density at radius 1 is 1.03 bits per heavy atom. The fourth-order valence-corrected chi connectivity index (χ4v) is 3.35. The van der Waals surface area contributed by atoms with E-state index in [0.717, 1.165) is 0 Å². The van der Waals surface area contributed by atoms with E-state index < -0.39 is 24.0 Å². The molecule has 2 N–H and O–H groups in total. The van der Waals surface area contributed by atoms with Gasteiger partial charge in [0.05, 0.1) is 5.56 Å². The lowest BCUT2D eigenvalue weighted by molar-refractivity contribution is -0.127. The van der Waals surface area contributed by atoms with Gasteiger partial charge in [-0.2, -0.15) is 0 Å². The fourth-order valence-electron chi connectivity index (χ4n) is 2.32. The number of amides is 3. The second kappa shape index (κ2) is 10.6. The zero-order valence-corrected chi connectivity index (χ0v) is 17.2. The number of esters is 1. The maximum absolute atomic E-state index is 13.8. The van der Waals surface area contributed by atoms with Crippen LogP contribution in [0.2, 0.25) is 0 Å². The van der Waals surface area contributed by atoms with Gasteiger partial charge in [-0.3, -0.25) is 10.1 Å². The minimum Gasteiger partial charge on any atom is -0.449 e. The third kappa shape index (κ3) is 6.90. The second-order valence-corrected chi connectivity index (χ2v) is 7.56. The molecule has 2 aromatic rings. The maximum atomic E-state index is 13.8. The number of nitrogens with one attached hydrogen (secondary N) is 2. The Balaban J connectivity index is 2.01. The molecule has 0 aliphatic heterocycles. The molecule has 0 saturated carbocycles. The van der Waals surface area contributed by atoms with Crippen LogP contribution in [0, 0.1) is 5.82 Å². The Bertz CT molecular complexity index is 888. The quantitative estimate of drug-likeness (QED) is 0.526. The number of ether oxygens (including phenoxy) is 1. The molecule has 0 aliphatic carbocycles. The number of urea groups is 1. The molecule has 2 rings (SSSR count). The normalized spacial score (nSPS) is 11.6. The topological polar surface area (TPSA) is 84.5 Å². The highest BCUT2D eigenvalue weighted by Gasteiger charge is 2.22. The van der Waals surface area contributed by atoms with E-state index in [0.29, 0.717) is 16.2 Å². The molecule has 0 spiro atoms. The summed E-state index contributed by atoms with van der Waals surface area (Å²) in [5.74, 6) is -1.41. The Hall–Kier alpha value is -2.87. The van der Waals surface area contributed by atoms with Crippen LogP contribution in [0.4, 0.5) is 9.18 Å². The third-order valence-corrected chi connectivity index (χ3v) is 4.88. The van der Waals surface area contributed by atoms with Crippen molar-refractivity contribution in [1.29, 1.82) is 0 Å². The van der Waals surface area contributed by atoms with Gasteiger partial charge in [-0.15, -0.1) is 11.8 Å². The highest BCUT2D eigenvalue weighted by atomic mass is 32.2. The molecule has 8 heteroatoms. The zero-order valence-electron chi connectivity index (χ0n) is 16.4. The van der Waals surface area contributed by atoms with Crippen LogP contribution in [-0.2, 0) is 15.3 Å². The summed E-state index contributed by atoms with van der Waals surface area (Å²) in [6, 6.07) is 12.3. The van der Waals surface area contributed by atoms with E-state index in [1.54, 1.807) is 56.3 Å². The van der Waals surface area contributed by atoms with Gasteiger partial charge in [0, 0.05) is 16.7 Å². The molecular formula is C21H23FN2O4S. The van der Waals surface area contributed by atoms with Crippen molar-refractivity contribution in [2.45, 2.75) is 43.6 Å². The van der Waals surface area contributed by atoms with Crippen molar-refractivity contribution in [2.24, 2.45) is 0 Å². The number of benzene rings is 2. The summed E-state index contributed by atoms with van der Waals surface area (Å²) in [6.45, 7) is 4.89. The molecule has 1 atom stereocenters. The first-order valence-corrected chi connectivity index (χ1v) is 10.0. The van der Waals surface area contributed by atoms with Crippen LogP contribution in [0.15, 0.2) is 53.4 Å². The first-order chi connectivity index (χ1) is 13.8. The molecule has 0 aliphatic rings. The number of hydrogen-bond donors (Lipinski definition) is 2. The Labute approximate surface area is 173 Å². The van der Waals surface area contributed by atoms with E-state index in [1.165, 1.54) is 24.8 Å². The average Bonchev–Trinajstić information content (AvgIpc) is 2.66. The monoisotopic (exact) mass is 418 g/mol. The summed E-state index contributed by atoms with van der Waals surface area (Å²) in [5, 5.41) is 4.64. The molecule has 0 radical (unpaired) electrons. The number of imide groups is 1. The lowest BCUT2D eigenvalue weighted by atomic mass is 10.2. The largest absolute Gasteiger partial charge is 0.449 e. The third-order valence-electron chi connectivity index (χ3n) is 3.76. The first kappa shape index (κ1) is 22.4. The van der Waals surface area contributed by atoms with Gasteiger partial charge in [0.1, 0.15) is 5.82 Å². The van der Waals surface area contributed by atoms with Crippen LogP contribution in [0.5, 0.6) is 0 Å². The van der Waals surface area contributed by atoms with Crippen LogP contribution in [0.1, 0.15) is 36.7 Å². The molecule has 29 heavy (non-hydrogen) atoms. The highest BCUT2D eigenvalue weighted by Crippen LogP contribution is 2.28. The van der Waals surface area contributed by atoms with Crippen molar-refractivity contribution in [1.82, 2.24) is 10.6 Å². The van der Waals surface area contributed by atoms with Crippen molar-refractivity contribution in [3.63, 3.8) is 0 Å². The molecule has 0 bridgehead atoms. The fraction of sp³-hybridized carbons (Fsp3) is 0.286. The summed E-state index contributed by atoms with van der Waals surface area (Å²) in [5.41, 5.74) is 0.782. The van der Waals surface area contributed by atoms with Crippen LogP contribution in [-0.4, -0.2) is 30.1 Å². The van der Waals surface area contributed by atoms with Crippen molar-refractivity contribution in [3.05, 3.63) is 65.5 Å². The molecule has 0 unspecified atom stereocenters. The van der Waals surface area contributed by atoms with Gasteiger partial charge in [-0.1, -0.05) is 30.3 Å². The minimum atomic E-state index is -1.16. The molecular weight excluding hydrogens is 395 g/mol. The predicted molar refractivity (Wildman–Crippen MR) is 109 cm³/mol. The molecule has 154 valence electrons. The van der Waals surface area contributed by atoms with Gasteiger partial charge >= 0.3 is 12.0 Å². The molecule has 2 aromatic carbocycles. The smallest absolute Gasteiger partial charge is 0.340 e. The van der Waals surface area contributed by atoms with Gasteiger partial charge in [0.2, 0.25) is 0 Å².